The van der Waals surface area contributed by atoms with Crippen LogP contribution in [-0.2, 0) is 11.3 Å². The van der Waals surface area contributed by atoms with Gasteiger partial charge in [0.25, 0.3) is 5.91 Å². The summed E-state index contributed by atoms with van der Waals surface area (Å²) in [7, 11) is 0. The van der Waals surface area contributed by atoms with Crippen molar-refractivity contribution in [2.45, 2.75) is 33.4 Å². The van der Waals surface area contributed by atoms with Crippen LogP contribution in [0.2, 0.25) is 0 Å². The van der Waals surface area contributed by atoms with E-state index in [1.54, 1.807) is 6.92 Å². The van der Waals surface area contributed by atoms with E-state index in [1.807, 2.05) is 25.1 Å². The van der Waals surface area contributed by atoms with E-state index in [4.69, 9.17) is 4.74 Å². The molecule has 1 atom stereocenters. The number of carbonyl (C=O) groups excluding carboxylic acids is 1. The number of hydrogen-bond donors (Lipinski definition) is 2. The Balaban J connectivity index is 2.66. The Labute approximate surface area is 123 Å². The molecule has 19 heavy (non-hydrogen) atoms. The van der Waals surface area contributed by atoms with Crippen molar-refractivity contribution in [2.75, 3.05) is 13.1 Å². The first-order valence-corrected chi connectivity index (χ1v) is 7.31. The van der Waals surface area contributed by atoms with Gasteiger partial charge >= 0.3 is 0 Å². The second-order valence-electron chi connectivity index (χ2n) is 4.20. The van der Waals surface area contributed by atoms with Gasteiger partial charge in [0, 0.05) is 13.1 Å². The zero-order chi connectivity index (χ0) is 14.3. The van der Waals surface area contributed by atoms with Gasteiger partial charge in [0.05, 0.1) is 4.47 Å². The maximum Gasteiger partial charge on any atom is 0.260 e. The number of halogens is 1. The summed E-state index contributed by atoms with van der Waals surface area (Å²) in [5.74, 6) is 0.574. The van der Waals surface area contributed by atoms with Crippen LogP contribution in [0.15, 0.2) is 22.7 Å². The minimum Gasteiger partial charge on any atom is -0.480 e. The number of amides is 1. The lowest BCUT2D eigenvalue weighted by Gasteiger charge is -2.15. The smallest absolute Gasteiger partial charge is 0.260 e. The van der Waals surface area contributed by atoms with E-state index in [0.29, 0.717) is 12.3 Å². The van der Waals surface area contributed by atoms with Crippen LogP contribution < -0.4 is 15.4 Å². The molecule has 1 amide bonds. The molecule has 0 aromatic heterocycles. The molecule has 2 N–H and O–H groups in total. The SMILES string of the molecule is CCNCc1ccc(OC(C)C(=O)NCC)c(Br)c1. The quantitative estimate of drug-likeness (QED) is 0.808. The van der Waals surface area contributed by atoms with E-state index in [1.165, 1.54) is 5.56 Å². The third-order valence-corrected chi connectivity index (χ3v) is 3.22. The van der Waals surface area contributed by atoms with Gasteiger partial charge in [0.2, 0.25) is 0 Å². The summed E-state index contributed by atoms with van der Waals surface area (Å²) in [4.78, 5) is 11.6. The Bertz CT molecular complexity index is 424. The molecule has 4 nitrogen and oxygen atoms in total. The van der Waals surface area contributed by atoms with Gasteiger partial charge in [-0.3, -0.25) is 4.79 Å². The Morgan fingerprint density at radius 1 is 1.37 bits per heavy atom. The van der Waals surface area contributed by atoms with E-state index in [-0.39, 0.29) is 5.91 Å². The summed E-state index contributed by atoms with van der Waals surface area (Å²) < 4.78 is 6.50. The average Bonchev–Trinajstić information content (AvgIpc) is 2.39. The van der Waals surface area contributed by atoms with Crippen LogP contribution in [0.5, 0.6) is 5.75 Å². The molecule has 0 aliphatic carbocycles. The van der Waals surface area contributed by atoms with Crippen molar-refractivity contribution in [3.05, 3.63) is 28.2 Å². The van der Waals surface area contributed by atoms with Crippen LogP contribution in [-0.4, -0.2) is 25.1 Å². The van der Waals surface area contributed by atoms with Crippen LogP contribution in [0, 0.1) is 0 Å². The molecule has 0 heterocycles. The predicted octanol–water partition coefficient (Wildman–Crippen LogP) is 2.46. The molecule has 0 aliphatic rings. The van der Waals surface area contributed by atoms with Crippen molar-refractivity contribution in [1.29, 1.82) is 0 Å². The normalized spacial score (nSPS) is 12.0. The van der Waals surface area contributed by atoms with Crippen molar-refractivity contribution >= 4 is 21.8 Å². The standard InChI is InChI=1S/C14H21BrN2O2/c1-4-16-9-11-6-7-13(12(15)8-11)19-10(3)14(18)17-5-2/h6-8,10,16H,4-5,9H2,1-3H3,(H,17,18). The number of benzene rings is 1. The summed E-state index contributed by atoms with van der Waals surface area (Å²) >= 11 is 3.47. The second-order valence-corrected chi connectivity index (χ2v) is 5.05. The summed E-state index contributed by atoms with van der Waals surface area (Å²) in [5, 5.41) is 6.00. The first-order chi connectivity index (χ1) is 9.08. The Morgan fingerprint density at radius 2 is 2.11 bits per heavy atom. The topological polar surface area (TPSA) is 50.4 Å². The largest absolute Gasteiger partial charge is 0.480 e. The third kappa shape index (κ3) is 5.20. The van der Waals surface area contributed by atoms with E-state index in [0.717, 1.165) is 17.6 Å². The highest BCUT2D eigenvalue weighted by Gasteiger charge is 2.14. The molecule has 5 heteroatoms. The highest BCUT2D eigenvalue weighted by molar-refractivity contribution is 9.10. The highest BCUT2D eigenvalue weighted by Crippen LogP contribution is 2.27. The summed E-state index contributed by atoms with van der Waals surface area (Å²) in [6.45, 7) is 8.06. The molecule has 1 aromatic rings. The van der Waals surface area contributed by atoms with Crippen LogP contribution >= 0.6 is 15.9 Å². The molecular formula is C14H21BrN2O2. The number of ether oxygens (including phenoxy) is 1. The number of hydrogen-bond acceptors (Lipinski definition) is 3. The van der Waals surface area contributed by atoms with Crippen LogP contribution in [0.25, 0.3) is 0 Å². The van der Waals surface area contributed by atoms with Gasteiger partial charge in [-0.05, 0) is 54.0 Å². The zero-order valence-corrected chi connectivity index (χ0v) is 13.2. The van der Waals surface area contributed by atoms with Gasteiger partial charge in [-0.15, -0.1) is 0 Å². The Morgan fingerprint density at radius 3 is 2.68 bits per heavy atom. The van der Waals surface area contributed by atoms with Gasteiger partial charge in [-0.25, -0.2) is 0 Å². The van der Waals surface area contributed by atoms with Crippen LogP contribution in [0.3, 0.4) is 0 Å². The van der Waals surface area contributed by atoms with Gasteiger partial charge in [-0.2, -0.15) is 0 Å². The predicted molar refractivity (Wildman–Crippen MR) is 80.3 cm³/mol. The Kier molecular flexibility index (Phi) is 6.87. The molecule has 0 saturated heterocycles. The minimum absolute atomic E-state index is 0.105. The van der Waals surface area contributed by atoms with Crippen molar-refractivity contribution < 1.29 is 9.53 Å². The molecule has 0 aliphatic heterocycles. The number of likely N-dealkylation sites (N-methyl/N-ethyl adjacent to an activating group) is 1. The van der Waals surface area contributed by atoms with Gasteiger partial charge in [0.15, 0.2) is 6.10 Å². The monoisotopic (exact) mass is 328 g/mol. The van der Waals surface area contributed by atoms with Gasteiger partial charge in [-0.1, -0.05) is 13.0 Å². The van der Waals surface area contributed by atoms with Crippen molar-refractivity contribution in [3.8, 4) is 5.75 Å². The third-order valence-electron chi connectivity index (χ3n) is 2.60. The lowest BCUT2D eigenvalue weighted by atomic mass is 10.2. The van der Waals surface area contributed by atoms with Crippen molar-refractivity contribution in [1.82, 2.24) is 10.6 Å². The molecule has 0 fully saturated rings. The van der Waals surface area contributed by atoms with Crippen molar-refractivity contribution in [3.63, 3.8) is 0 Å². The number of nitrogens with one attached hydrogen (secondary N) is 2. The second kappa shape index (κ2) is 8.17. The summed E-state index contributed by atoms with van der Waals surface area (Å²) in [5.41, 5.74) is 1.17. The lowest BCUT2D eigenvalue weighted by molar-refractivity contribution is -0.127. The van der Waals surface area contributed by atoms with Gasteiger partial charge in [0.1, 0.15) is 5.75 Å². The molecule has 0 radical (unpaired) electrons. The first kappa shape index (κ1) is 16.0. The summed E-state index contributed by atoms with van der Waals surface area (Å²) in [6, 6.07) is 5.88. The molecule has 1 rings (SSSR count). The van der Waals surface area contributed by atoms with Crippen LogP contribution in [0.1, 0.15) is 26.3 Å². The molecule has 0 saturated carbocycles. The van der Waals surface area contributed by atoms with E-state index in [2.05, 4.69) is 33.5 Å². The number of rotatable bonds is 7. The Hall–Kier alpha value is -1.07. The fourth-order valence-electron chi connectivity index (χ4n) is 1.58. The minimum atomic E-state index is -0.504. The highest BCUT2D eigenvalue weighted by atomic mass is 79.9. The molecule has 1 unspecified atom stereocenters. The lowest BCUT2D eigenvalue weighted by Crippen LogP contribution is -2.36. The van der Waals surface area contributed by atoms with Crippen molar-refractivity contribution in [2.24, 2.45) is 0 Å². The molecule has 0 bridgehead atoms. The maximum atomic E-state index is 11.6. The molecule has 106 valence electrons. The number of carbonyl (C=O) groups is 1. The summed E-state index contributed by atoms with van der Waals surface area (Å²) in [6.07, 6.45) is -0.504. The maximum absolute atomic E-state index is 11.6. The molecule has 1 aromatic carbocycles. The first-order valence-electron chi connectivity index (χ1n) is 6.52. The zero-order valence-electron chi connectivity index (χ0n) is 11.6. The molecule has 0 spiro atoms. The fraction of sp³-hybridized carbons (Fsp3) is 0.500. The van der Waals surface area contributed by atoms with Crippen LogP contribution in [0.4, 0.5) is 0 Å². The average molecular weight is 329 g/mol. The fourth-order valence-corrected chi connectivity index (χ4v) is 2.10. The molecular weight excluding hydrogens is 308 g/mol. The van der Waals surface area contributed by atoms with Gasteiger partial charge < -0.3 is 15.4 Å². The van der Waals surface area contributed by atoms with E-state index < -0.39 is 6.10 Å². The van der Waals surface area contributed by atoms with E-state index in [9.17, 15) is 4.79 Å². The van der Waals surface area contributed by atoms with E-state index >= 15 is 0 Å².